The van der Waals surface area contributed by atoms with Crippen molar-refractivity contribution in [2.45, 2.75) is 19.3 Å². The minimum absolute atomic E-state index is 0.0904. The molecule has 27 heavy (non-hydrogen) atoms. The maximum Gasteiger partial charge on any atom is 0.224 e. The molecule has 2 saturated heterocycles. The van der Waals surface area contributed by atoms with Crippen molar-refractivity contribution in [3.05, 3.63) is 36.0 Å². The van der Waals surface area contributed by atoms with Crippen LogP contribution in [0.4, 0.5) is 0 Å². The topological polar surface area (TPSA) is 66.6 Å². The third kappa shape index (κ3) is 4.51. The molecule has 6 heteroatoms. The fraction of sp³-hybridized carbons (Fsp3) is 0.571. The second-order valence-electron chi connectivity index (χ2n) is 7.81. The molecule has 2 aromatic rings. The standard InChI is InChI=1S/C21H29N3O3/c25-20(13-17-14-22-19-4-2-1-3-18(17)19)23-15-21(5-9-26-10-6-21)16-24-7-11-27-12-8-24/h1-4,14,22H,5-13,15-16H2,(H,23,25). The van der Waals surface area contributed by atoms with Gasteiger partial charge in [-0.1, -0.05) is 18.2 Å². The monoisotopic (exact) mass is 371 g/mol. The highest BCUT2D eigenvalue weighted by atomic mass is 16.5. The van der Waals surface area contributed by atoms with E-state index < -0.39 is 0 Å². The number of benzene rings is 1. The molecule has 1 amide bonds. The first-order chi connectivity index (χ1) is 13.2. The van der Waals surface area contributed by atoms with E-state index in [4.69, 9.17) is 9.47 Å². The van der Waals surface area contributed by atoms with Crippen molar-refractivity contribution in [2.75, 3.05) is 52.6 Å². The lowest BCUT2D eigenvalue weighted by atomic mass is 9.79. The van der Waals surface area contributed by atoms with Crippen LogP contribution in [-0.2, 0) is 20.7 Å². The molecule has 0 unspecified atom stereocenters. The molecule has 4 rings (SSSR count). The van der Waals surface area contributed by atoms with Crippen LogP contribution in [0.3, 0.4) is 0 Å². The van der Waals surface area contributed by atoms with Crippen molar-refractivity contribution in [1.29, 1.82) is 0 Å². The van der Waals surface area contributed by atoms with Gasteiger partial charge in [0, 0.05) is 61.9 Å². The number of morpholine rings is 1. The third-order valence-corrected chi connectivity index (χ3v) is 5.90. The lowest BCUT2D eigenvalue weighted by Gasteiger charge is -2.42. The van der Waals surface area contributed by atoms with Gasteiger partial charge in [-0.05, 0) is 24.5 Å². The second kappa shape index (κ2) is 8.42. The van der Waals surface area contributed by atoms with Crippen LogP contribution in [0.2, 0.25) is 0 Å². The van der Waals surface area contributed by atoms with E-state index >= 15 is 0 Å². The molecule has 1 aromatic carbocycles. The van der Waals surface area contributed by atoms with Gasteiger partial charge in [-0.15, -0.1) is 0 Å². The molecular weight excluding hydrogens is 342 g/mol. The first kappa shape index (κ1) is 18.5. The number of nitrogens with zero attached hydrogens (tertiary/aromatic N) is 1. The van der Waals surface area contributed by atoms with Gasteiger partial charge in [0.2, 0.25) is 5.91 Å². The number of aromatic amines is 1. The largest absolute Gasteiger partial charge is 0.381 e. The Balaban J connectivity index is 1.37. The summed E-state index contributed by atoms with van der Waals surface area (Å²) in [5.41, 5.74) is 2.23. The highest BCUT2D eigenvalue weighted by Crippen LogP contribution is 2.31. The number of rotatable bonds is 6. The van der Waals surface area contributed by atoms with Crippen LogP contribution in [0.5, 0.6) is 0 Å². The molecule has 0 bridgehead atoms. The van der Waals surface area contributed by atoms with Gasteiger partial charge in [0.1, 0.15) is 0 Å². The zero-order valence-electron chi connectivity index (χ0n) is 15.8. The van der Waals surface area contributed by atoms with Crippen molar-refractivity contribution in [3.8, 4) is 0 Å². The van der Waals surface area contributed by atoms with Crippen molar-refractivity contribution >= 4 is 16.8 Å². The zero-order valence-corrected chi connectivity index (χ0v) is 15.8. The summed E-state index contributed by atoms with van der Waals surface area (Å²) in [6, 6.07) is 8.11. The summed E-state index contributed by atoms with van der Waals surface area (Å²) in [6.45, 7) is 6.85. The number of amides is 1. The van der Waals surface area contributed by atoms with Gasteiger partial charge in [-0.3, -0.25) is 9.69 Å². The van der Waals surface area contributed by atoms with Crippen LogP contribution in [0.15, 0.2) is 30.5 Å². The quantitative estimate of drug-likeness (QED) is 0.815. The van der Waals surface area contributed by atoms with E-state index in [2.05, 4.69) is 21.3 Å². The number of nitrogens with one attached hydrogen (secondary N) is 2. The second-order valence-corrected chi connectivity index (χ2v) is 7.81. The Hall–Kier alpha value is -1.89. The van der Waals surface area contributed by atoms with Crippen molar-refractivity contribution in [1.82, 2.24) is 15.2 Å². The molecule has 0 radical (unpaired) electrons. The summed E-state index contributed by atoms with van der Waals surface area (Å²) in [5, 5.41) is 4.35. The number of fused-ring (bicyclic) bond motifs is 1. The number of aromatic nitrogens is 1. The molecule has 0 spiro atoms. The molecule has 146 valence electrons. The van der Waals surface area contributed by atoms with Crippen LogP contribution in [-0.4, -0.2) is 68.4 Å². The van der Waals surface area contributed by atoms with Gasteiger partial charge in [-0.2, -0.15) is 0 Å². The molecule has 0 saturated carbocycles. The Morgan fingerprint density at radius 1 is 1.11 bits per heavy atom. The molecule has 3 heterocycles. The molecule has 2 fully saturated rings. The van der Waals surface area contributed by atoms with Crippen LogP contribution in [0.25, 0.3) is 10.9 Å². The highest BCUT2D eigenvalue weighted by Gasteiger charge is 2.35. The number of carbonyl (C=O) groups excluding carboxylic acids is 1. The minimum Gasteiger partial charge on any atom is -0.381 e. The number of carbonyl (C=O) groups is 1. The molecule has 2 N–H and O–H groups in total. The lowest BCUT2D eigenvalue weighted by molar-refractivity contribution is -0.121. The summed E-state index contributed by atoms with van der Waals surface area (Å²) in [7, 11) is 0. The molecule has 0 atom stereocenters. The normalized spacial score (nSPS) is 20.6. The predicted octanol–water partition coefficient (Wildman–Crippen LogP) is 1.96. The van der Waals surface area contributed by atoms with E-state index in [1.54, 1.807) is 0 Å². The summed E-state index contributed by atoms with van der Waals surface area (Å²) in [4.78, 5) is 18.4. The van der Waals surface area contributed by atoms with Gasteiger partial charge in [0.05, 0.1) is 19.6 Å². The lowest BCUT2D eigenvalue weighted by Crippen LogP contribution is -2.51. The molecule has 2 aliphatic rings. The first-order valence-corrected chi connectivity index (χ1v) is 9.94. The molecule has 6 nitrogen and oxygen atoms in total. The van der Waals surface area contributed by atoms with Gasteiger partial charge in [0.15, 0.2) is 0 Å². The fourth-order valence-corrected chi connectivity index (χ4v) is 4.23. The van der Waals surface area contributed by atoms with E-state index in [0.717, 1.165) is 81.9 Å². The average molecular weight is 371 g/mol. The van der Waals surface area contributed by atoms with Crippen LogP contribution < -0.4 is 5.32 Å². The van der Waals surface area contributed by atoms with E-state index in [0.29, 0.717) is 6.42 Å². The van der Waals surface area contributed by atoms with Crippen molar-refractivity contribution in [2.24, 2.45) is 5.41 Å². The number of para-hydroxylation sites is 1. The Morgan fingerprint density at radius 2 is 1.85 bits per heavy atom. The first-order valence-electron chi connectivity index (χ1n) is 9.94. The van der Waals surface area contributed by atoms with Crippen molar-refractivity contribution in [3.63, 3.8) is 0 Å². The molecule has 0 aliphatic carbocycles. The summed E-state index contributed by atoms with van der Waals surface area (Å²) < 4.78 is 11.1. The third-order valence-electron chi connectivity index (χ3n) is 5.90. The Kier molecular flexibility index (Phi) is 5.76. The van der Waals surface area contributed by atoms with Gasteiger partial charge >= 0.3 is 0 Å². The predicted molar refractivity (Wildman–Crippen MR) is 105 cm³/mol. The molecular formula is C21H29N3O3. The SMILES string of the molecule is O=C(Cc1c[nH]c2ccccc12)NCC1(CN2CCOCC2)CCOCC1. The smallest absolute Gasteiger partial charge is 0.224 e. The van der Waals surface area contributed by atoms with E-state index in [-0.39, 0.29) is 11.3 Å². The van der Waals surface area contributed by atoms with E-state index in [1.165, 1.54) is 0 Å². The molecule has 2 aliphatic heterocycles. The summed E-state index contributed by atoms with van der Waals surface area (Å²) >= 11 is 0. The van der Waals surface area contributed by atoms with Crippen molar-refractivity contribution < 1.29 is 14.3 Å². The fourth-order valence-electron chi connectivity index (χ4n) is 4.23. The van der Waals surface area contributed by atoms with Gasteiger partial charge < -0.3 is 19.8 Å². The number of hydrogen-bond acceptors (Lipinski definition) is 4. The maximum atomic E-state index is 12.6. The van der Waals surface area contributed by atoms with E-state index in [1.807, 2.05) is 24.4 Å². The highest BCUT2D eigenvalue weighted by molar-refractivity contribution is 5.88. The average Bonchev–Trinajstić information content (AvgIpc) is 3.11. The number of H-pyrrole nitrogens is 1. The zero-order chi connectivity index (χ0) is 18.5. The van der Waals surface area contributed by atoms with Gasteiger partial charge in [0.25, 0.3) is 0 Å². The summed E-state index contributed by atoms with van der Waals surface area (Å²) in [6.07, 6.45) is 4.35. The molecule has 1 aromatic heterocycles. The number of ether oxygens (including phenoxy) is 2. The van der Waals surface area contributed by atoms with E-state index in [9.17, 15) is 4.79 Å². The Bertz CT molecular complexity index is 761. The Labute approximate surface area is 160 Å². The van der Waals surface area contributed by atoms with Crippen LogP contribution >= 0.6 is 0 Å². The minimum atomic E-state index is 0.0904. The van der Waals surface area contributed by atoms with Crippen LogP contribution in [0, 0.1) is 5.41 Å². The van der Waals surface area contributed by atoms with Gasteiger partial charge in [-0.25, -0.2) is 0 Å². The Morgan fingerprint density at radius 3 is 2.67 bits per heavy atom. The van der Waals surface area contributed by atoms with Crippen LogP contribution in [0.1, 0.15) is 18.4 Å². The maximum absolute atomic E-state index is 12.6. The number of hydrogen-bond donors (Lipinski definition) is 2. The summed E-state index contributed by atoms with van der Waals surface area (Å²) in [5.74, 6) is 0.0904.